The Morgan fingerprint density at radius 3 is 2.50 bits per heavy atom. The first-order chi connectivity index (χ1) is 15.7. The smallest absolute Gasteiger partial charge is 0.262 e. The normalized spacial score (nSPS) is 15.2. The Morgan fingerprint density at radius 1 is 0.875 bits per heavy atom. The molecule has 0 unspecified atom stereocenters. The number of imide groups is 1. The van der Waals surface area contributed by atoms with Crippen molar-refractivity contribution in [2.75, 3.05) is 13.2 Å². The number of aromatic nitrogens is 1. The van der Waals surface area contributed by atoms with Gasteiger partial charge in [0.1, 0.15) is 0 Å². The third kappa shape index (κ3) is 2.88. The molecule has 2 aliphatic rings. The monoisotopic (exact) mass is 424 g/mol. The number of nitrogens with zero attached hydrogens (tertiary/aromatic N) is 1. The second kappa shape index (κ2) is 7.61. The molecule has 0 atom stereocenters. The number of ether oxygens (including phenoxy) is 1. The Labute approximate surface area is 186 Å². The Balaban J connectivity index is 1.29. The van der Waals surface area contributed by atoms with Crippen LogP contribution in [0.4, 0.5) is 0 Å². The lowest BCUT2D eigenvalue weighted by atomic mass is 9.94. The highest BCUT2D eigenvalue weighted by Gasteiger charge is 2.41. The van der Waals surface area contributed by atoms with E-state index in [1.807, 2.05) is 54.6 Å². The van der Waals surface area contributed by atoms with Crippen LogP contribution in [0.25, 0.3) is 21.8 Å². The van der Waals surface area contributed by atoms with E-state index in [4.69, 9.17) is 4.74 Å². The van der Waals surface area contributed by atoms with E-state index in [0.29, 0.717) is 37.3 Å². The number of fused-ring (bicyclic) bond motifs is 8. The maximum absolute atomic E-state index is 13.5. The predicted molar refractivity (Wildman–Crippen MR) is 124 cm³/mol. The zero-order chi connectivity index (χ0) is 21.7. The quantitative estimate of drug-likeness (QED) is 0.349. The van der Waals surface area contributed by atoms with Crippen LogP contribution in [0.3, 0.4) is 0 Å². The summed E-state index contributed by atoms with van der Waals surface area (Å²) in [5.41, 5.74) is 6.68. The third-order valence-electron chi connectivity index (χ3n) is 6.73. The Morgan fingerprint density at radius 2 is 1.62 bits per heavy atom. The van der Waals surface area contributed by atoms with Gasteiger partial charge < -0.3 is 9.72 Å². The molecule has 0 spiro atoms. The number of H-pyrrole nitrogens is 1. The van der Waals surface area contributed by atoms with Gasteiger partial charge in [-0.2, -0.15) is 0 Å². The van der Waals surface area contributed by atoms with Crippen LogP contribution >= 0.6 is 0 Å². The van der Waals surface area contributed by atoms with E-state index < -0.39 is 0 Å². The van der Waals surface area contributed by atoms with Crippen molar-refractivity contribution in [3.8, 4) is 0 Å². The Kier molecular flexibility index (Phi) is 4.58. The van der Waals surface area contributed by atoms with Gasteiger partial charge in [-0.25, -0.2) is 0 Å². The van der Waals surface area contributed by atoms with E-state index in [0.717, 1.165) is 52.2 Å². The molecule has 2 heterocycles. The average molecular weight is 425 g/mol. The first-order valence-electron chi connectivity index (χ1n) is 11.3. The van der Waals surface area contributed by atoms with Crippen molar-refractivity contribution in [1.82, 2.24) is 9.88 Å². The molecule has 3 aromatic carbocycles. The molecule has 5 nitrogen and oxygen atoms in total. The highest BCUT2D eigenvalue weighted by Crippen LogP contribution is 2.42. The summed E-state index contributed by atoms with van der Waals surface area (Å²) >= 11 is 0. The van der Waals surface area contributed by atoms with Crippen LogP contribution in [0.5, 0.6) is 0 Å². The number of hydrogen-bond acceptors (Lipinski definition) is 3. The van der Waals surface area contributed by atoms with E-state index in [1.165, 1.54) is 10.5 Å². The highest BCUT2D eigenvalue weighted by atomic mass is 16.5. The van der Waals surface area contributed by atoms with Gasteiger partial charge in [-0.1, -0.05) is 48.5 Å². The van der Waals surface area contributed by atoms with Gasteiger partial charge in [0.25, 0.3) is 11.8 Å². The molecule has 5 heteroatoms. The number of benzene rings is 3. The molecule has 160 valence electrons. The number of para-hydroxylation sites is 1. The Bertz CT molecular complexity index is 1370. The lowest BCUT2D eigenvalue weighted by Gasteiger charge is -2.14. The summed E-state index contributed by atoms with van der Waals surface area (Å²) < 4.78 is 5.76. The summed E-state index contributed by atoms with van der Waals surface area (Å²) in [4.78, 5) is 31.9. The minimum atomic E-state index is -0.169. The van der Waals surface area contributed by atoms with Gasteiger partial charge in [0.2, 0.25) is 0 Å². The van der Waals surface area contributed by atoms with E-state index in [1.54, 1.807) is 0 Å². The lowest BCUT2D eigenvalue weighted by molar-refractivity contribution is 0.0619. The summed E-state index contributed by atoms with van der Waals surface area (Å²) in [7, 11) is 0. The molecule has 0 saturated carbocycles. The fourth-order valence-electron chi connectivity index (χ4n) is 5.30. The van der Waals surface area contributed by atoms with Crippen LogP contribution in [-0.4, -0.2) is 34.8 Å². The molecular weight excluding hydrogens is 400 g/mol. The van der Waals surface area contributed by atoms with E-state index in [2.05, 4.69) is 4.98 Å². The van der Waals surface area contributed by atoms with Crippen LogP contribution < -0.4 is 0 Å². The van der Waals surface area contributed by atoms with Crippen LogP contribution in [0.15, 0.2) is 54.6 Å². The summed E-state index contributed by atoms with van der Waals surface area (Å²) in [6, 6.07) is 18.1. The topological polar surface area (TPSA) is 62.4 Å². The number of carbonyl (C=O) groups excluding carboxylic acids is 2. The maximum atomic E-state index is 13.5. The van der Waals surface area contributed by atoms with Gasteiger partial charge in [-0.3, -0.25) is 14.5 Å². The van der Waals surface area contributed by atoms with Crippen molar-refractivity contribution < 1.29 is 14.3 Å². The number of aromatic amines is 1. The van der Waals surface area contributed by atoms with Crippen molar-refractivity contribution in [1.29, 1.82) is 0 Å². The van der Waals surface area contributed by atoms with Crippen molar-refractivity contribution in [2.45, 2.75) is 32.3 Å². The molecule has 1 N–H and O–H groups in total. The van der Waals surface area contributed by atoms with Gasteiger partial charge in [0, 0.05) is 29.4 Å². The molecule has 0 radical (unpaired) electrons. The first-order valence-corrected chi connectivity index (χ1v) is 11.3. The minimum absolute atomic E-state index is 0.140. The largest absolute Gasteiger partial charge is 0.377 e. The van der Waals surface area contributed by atoms with Crippen LogP contribution in [0.2, 0.25) is 0 Å². The minimum Gasteiger partial charge on any atom is -0.377 e. The number of rotatable bonds is 6. The number of hydrogen-bond donors (Lipinski definition) is 1. The summed E-state index contributed by atoms with van der Waals surface area (Å²) in [5.74, 6) is -0.309. The Hall–Kier alpha value is -3.44. The van der Waals surface area contributed by atoms with Crippen molar-refractivity contribution >= 4 is 33.6 Å². The summed E-state index contributed by atoms with van der Waals surface area (Å²) in [6.45, 7) is 1.41. The fourth-order valence-corrected chi connectivity index (χ4v) is 5.30. The lowest BCUT2D eigenvalue weighted by Crippen LogP contribution is -2.31. The summed E-state index contributed by atoms with van der Waals surface area (Å²) in [5, 5.41) is 1.93. The zero-order valence-electron chi connectivity index (χ0n) is 17.8. The SMILES string of the molecule is O=C1c2c3c(c4[nH]c5ccccc5c4c2C(=O)N1CCCOCc1ccccc1)CCC3. The third-order valence-corrected chi connectivity index (χ3v) is 6.73. The van der Waals surface area contributed by atoms with Crippen LogP contribution in [0.1, 0.15) is 50.2 Å². The number of nitrogens with one attached hydrogen (secondary N) is 1. The van der Waals surface area contributed by atoms with E-state index in [9.17, 15) is 9.59 Å². The van der Waals surface area contributed by atoms with Gasteiger partial charge >= 0.3 is 0 Å². The van der Waals surface area contributed by atoms with Gasteiger partial charge in [0.05, 0.1) is 23.3 Å². The van der Waals surface area contributed by atoms with Crippen LogP contribution in [0, 0.1) is 0 Å². The molecule has 0 fully saturated rings. The van der Waals surface area contributed by atoms with Gasteiger partial charge in [-0.15, -0.1) is 0 Å². The van der Waals surface area contributed by atoms with Crippen molar-refractivity contribution in [2.24, 2.45) is 0 Å². The van der Waals surface area contributed by atoms with Gasteiger partial charge in [0.15, 0.2) is 0 Å². The van der Waals surface area contributed by atoms with Crippen molar-refractivity contribution in [3.05, 3.63) is 82.4 Å². The molecule has 6 rings (SSSR count). The second-order valence-electron chi connectivity index (χ2n) is 8.63. The predicted octanol–water partition coefficient (Wildman–Crippen LogP) is 5.01. The molecule has 4 aromatic rings. The average Bonchev–Trinajstić information content (AvgIpc) is 3.50. The van der Waals surface area contributed by atoms with Crippen molar-refractivity contribution in [3.63, 3.8) is 0 Å². The molecule has 0 saturated heterocycles. The molecule has 1 aliphatic heterocycles. The maximum Gasteiger partial charge on any atom is 0.262 e. The molecular formula is C27H24N2O3. The highest BCUT2D eigenvalue weighted by molar-refractivity contribution is 6.31. The molecule has 0 bridgehead atoms. The molecule has 32 heavy (non-hydrogen) atoms. The number of carbonyl (C=O) groups is 2. The van der Waals surface area contributed by atoms with Crippen LogP contribution in [-0.2, 0) is 24.2 Å². The molecule has 1 aromatic heterocycles. The standard InChI is InChI=1S/C27H24N2O3/c30-26-23-18-11-6-12-19(18)25-22(20-10-4-5-13-21(20)28-25)24(23)27(31)29(26)14-7-15-32-16-17-8-2-1-3-9-17/h1-5,8-10,13,28H,6-7,11-12,14-16H2. The molecule has 2 amide bonds. The zero-order valence-corrected chi connectivity index (χ0v) is 17.8. The van der Waals surface area contributed by atoms with E-state index >= 15 is 0 Å². The van der Waals surface area contributed by atoms with E-state index in [-0.39, 0.29) is 11.8 Å². The first kappa shape index (κ1) is 19.3. The molecule has 1 aliphatic carbocycles. The number of amides is 2. The summed E-state index contributed by atoms with van der Waals surface area (Å²) in [6.07, 6.45) is 3.44. The number of aryl methyl sites for hydroxylation is 1. The van der Waals surface area contributed by atoms with Gasteiger partial charge in [-0.05, 0) is 48.4 Å². The fraction of sp³-hybridized carbons (Fsp3) is 0.259. The second-order valence-corrected chi connectivity index (χ2v) is 8.63.